The van der Waals surface area contributed by atoms with Crippen molar-refractivity contribution in [3.63, 3.8) is 0 Å². The molecule has 4 nitrogen and oxygen atoms in total. The van der Waals surface area contributed by atoms with E-state index in [0.29, 0.717) is 18.2 Å². The molecule has 2 N–H and O–H groups in total. The van der Waals surface area contributed by atoms with Crippen LogP contribution >= 0.6 is 24.8 Å². The molecule has 2 heterocycles. The van der Waals surface area contributed by atoms with Gasteiger partial charge >= 0.3 is 0 Å². The van der Waals surface area contributed by atoms with Crippen LogP contribution in [-0.4, -0.2) is 54.0 Å². The van der Waals surface area contributed by atoms with E-state index in [1.54, 1.807) is 0 Å². The third-order valence-corrected chi connectivity index (χ3v) is 5.86. The Balaban J connectivity index is 0.00000132. The predicted molar refractivity (Wildman–Crippen MR) is 99.5 cm³/mol. The van der Waals surface area contributed by atoms with Crippen molar-refractivity contribution in [1.29, 1.82) is 0 Å². The van der Waals surface area contributed by atoms with Crippen LogP contribution in [0.4, 0.5) is 0 Å². The van der Waals surface area contributed by atoms with E-state index < -0.39 is 0 Å². The summed E-state index contributed by atoms with van der Waals surface area (Å²) in [6.45, 7) is 4.47. The van der Waals surface area contributed by atoms with Gasteiger partial charge in [-0.15, -0.1) is 24.8 Å². The number of halogens is 2. The highest BCUT2D eigenvalue weighted by Crippen LogP contribution is 2.28. The fourth-order valence-corrected chi connectivity index (χ4v) is 4.47. The number of nitrogens with two attached hydrogens (primary N) is 1. The van der Waals surface area contributed by atoms with Crippen molar-refractivity contribution < 1.29 is 4.79 Å². The molecule has 2 saturated heterocycles. The Morgan fingerprint density at radius 1 is 0.870 bits per heavy atom. The fourth-order valence-electron chi connectivity index (χ4n) is 4.47. The second-order valence-corrected chi connectivity index (χ2v) is 7.27. The van der Waals surface area contributed by atoms with Gasteiger partial charge in [0.1, 0.15) is 0 Å². The maximum atomic E-state index is 12.5. The summed E-state index contributed by atoms with van der Waals surface area (Å²) in [6.07, 6.45) is 10.5. The molecule has 0 aromatic rings. The van der Waals surface area contributed by atoms with Crippen LogP contribution in [0.3, 0.4) is 0 Å². The number of carbonyl (C=O) groups excluding carboxylic acids is 1. The zero-order chi connectivity index (χ0) is 14.7. The van der Waals surface area contributed by atoms with Crippen LogP contribution in [0.25, 0.3) is 0 Å². The van der Waals surface area contributed by atoms with Gasteiger partial charge in [-0.05, 0) is 64.0 Å². The Labute approximate surface area is 153 Å². The van der Waals surface area contributed by atoms with E-state index in [1.807, 2.05) is 0 Å². The molecule has 1 amide bonds. The fraction of sp³-hybridized carbons (Fsp3) is 0.941. The predicted octanol–water partition coefficient (Wildman–Crippen LogP) is 2.82. The Kier molecular flexibility index (Phi) is 9.20. The van der Waals surface area contributed by atoms with Crippen LogP contribution in [-0.2, 0) is 4.79 Å². The third-order valence-electron chi connectivity index (χ3n) is 5.86. The summed E-state index contributed by atoms with van der Waals surface area (Å²) in [6, 6.07) is 0.984. The minimum absolute atomic E-state index is 0. The summed E-state index contributed by atoms with van der Waals surface area (Å²) in [7, 11) is 0. The molecular weight excluding hydrogens is 333 g/mol. The molecule has 1 aliphatic carbocycles. The Morgan fingerprint density at radius 3 is 2.26 bits per heavy atom. The lowest BCUT2D eigenvalue weighted by Crippen LogP contribution is -2.37. The average Bonchev–Trinajstić information content (AvgIpc) is 3.07. The van der Waals surface area contributed by atoms with Crippen molar-refractivity contribution in [1.82, 2.24) is 9.80 Å². The zero-order valence-electron chi connectivity index (χ0n) is 14.1. The largest absolute Gasteiger partial charge is 0.343 e. The average molecular weight is 366 g/mol. The molecule has 136 valence electrons. The highest BCUT2D eigenvalue weighted by atomic mass is 35.5. The minimum atomic E-state index is 0. The number of carbonyl (C=O) groups is 1. The summed E-state index contributed by atoms with van der Waals surface area (Å²) in [4.78, 5) is 17.3. The van der Waals surface area contributed by atoms with Gasteiger partial charge in [0.15, 0.2) is 0 Å². The van der Waals surface area contributed by atoms with Crippen molar-refractivity contribution in [2.75, 3.05) is 26.2 Å². The molecule has 3 fully saturated rings. The molecule has 3 atom stereocenters. The molecule has 6 heteroatoms. The lowest BCUT2D eigenvalue weighted by molar-refractivity contribution is -0.132. The molecule has 1 saturated carbocycles. The Bertz CT molecular complexity index is 364. The normalized spacial score (nSPS) is 32.0. The topological polar surface area (TPSA) is 49.6 Å². The van der Waals surface area contributed by atoms with Crippen LogP contribution in [0.1, 0.15) is 57.8 Å². The van der Waals surface area contributed by atoms with Gasteiger partial charge in [-0.3, -0.25) is 4.79 Å². The first-order valence-corrected chi connectivity index (χ1v) is 9.01. The van der Waals surface area contributed by atoms with Gasteiger partial charge in [-0.1, -0.05) is 6.42 Å². The molecule has 0 spiro atoms. The molecule has 3 rings (SSSR count). The van der Waals surface area contributed by atoms with Gasteiger partial charge in [0.05, 0.1) is 0 Å². The van der Waals surface area contributed by atoms with Crippen LogP contribution in [0, 0.1) is 5.92 Å². The summed E-state index contributed by atoms with van der Waals surface area (Å²) in [5, 5.41) is 0. The zero-order valence-corrected chi connectivity index (χ0v) is 15.8. The van der Waals surface area contributed by atoms with Crippen LogP contribution in [0.5, 0.6) is 0 Å². The number of amides is 1. The maximum absolute atomic E-state index is 12.5. The molecule has 3 aliphatic rings. The quantitative estimate of drug-likeness (QED) is 0.836. The number of nitrogens with zero attached hydrogens (tertiary/aromatic N) is 2. The Hall–Kier alpha value is -0.0300. The molecule has 1 unspecified atom stereocenters. The lowest BCUT2D eigenvalue weighted by Gasteiger charge is -2.27. The number of hydrogen-bond acceptors (Lipinski definition) is 3. The third kappa shape index (κ3) is 5.48. The second-order valence-electron chi connectivity index (χ2n) is 7.27. The van der Waals surface area contributed by atoms with Gasteiger partial charge in [-0.25, -0.2) is 0 Å². The summed E-state index contributed by atoms with van der Waals surface area (Å²) >= 11 is 0. The second kappa shape index (κ2) is 10.1. The van der Waals surface area contributed by atoms with Crippen molar-refractivity contribution in [3.05, 3.63) is 0 Å². The standard InChI is InChI=1S/C17H31N3O.2ClH/c18-16-7-3-5-14(16)13-17(21)20-11-4-6-15(8-12-20)19-9-1-2-10-19;;/h14-16H,1-13,18H2;2*1H/t14-,15?,16+;;/m0../s1. The number of hydrogen-bond donors (Lipinski definition) is 1. The van der Waals surface area contributed by atoms with Crippen molar-refractivity contribution in [3.8, 4) is 0 Å². The minimum Gasteiger partial charge on any atom is -0.343 e. The smallest absolute Gasteiger partial charge is 0.222 e. The lowest BCUT2D eigenvalue weighted by atomic mass is 9.99. The molecule has 0 aromatic carbocycles. The van der Waals surface area contributed by atoms with E-state index in [0.717, 1.165) is 32.0 Å². The molecule has 0 aromatic heterocycles. The monoisotopic (exact) mass is 365 g/mol. The molecule has 0 bridgehead atoms. The number of rotatable bonds is 3. The van der Waals surface area contributed by atoms with Crippen LogP contribution < -0.4 is 5.73 Å². The van der Waals surface area contributed by atoms with Crippen molar-refractivity contribution in [2.45, 2.75) is 69.9 Å². The molecule has 0 radical (unpaired) electrons. The SMILES string of the molecule is Cl.Cl.N[C@@H]1CCC[C@H]1CC(=O)N1CCCC(N2CCCC2)CC1. The first-order valence-electron chi connectivity index (χ1n) is 9.01. The van der Waals surface area contributed by atoms with Gasteiger partial charge in [-0.2, -0.15) is 0 Å². The van der Waals surface area contributed by atoms with Gasteiger partial charge in [0.2, 0.25) is 5.91 Å². The van der Waals surface area contributed by atoms with Gasteiger partial charge in [0.25, 0.3) is 0 Å². The van der Waals surface area contributed by atoms with E-state index in [4.69, 9.17) is 5.73 Å². The van der Waals surface area contributed by atoms with Gasteiger partial charge < -0.3 is 15.5 Å². The van der Waals surface area contributed by atoms with Crippen molar-refractivity contribution in [2.24, 2.45) is 11.7 Å². The highest BCUT2D eigenvalue weighted by Gasteiger charge is 2.30. The van der Waals surface area contributed by atoms with Crippen LogP contribution in [0.15, 0.2) is 0 Å². The molecular formula is C17H33Cl2N3O. The first-order chi connectivity index (χ1) is 10.2. The maximum Gasteiger partial charge on any atom is 0.222 e. The van der Waals surface area contributed by atoms with E-state index in [-0.39, 0.29) is 30.9 Å². The number of likely N-dealkylation sites (tertiary alicyclic amines) is 2. The van der Waals surface area contributed by atoms with Crippen LogP contribution in [0.2, 0.25) is 0 Å². The van der Waals surface area contributed by atoms with E-state index >= 15 is 0 Å². The first kappa shape index (κ1) is 21.0. The summed E-state index contributed by atoms with van der Waals surface area (Å²) in [5.74, 6) is 0.801. The Morgan fingerprint density at radius 2 is 1.61 bits per heavy atom. The van der Waals surface area contributed by atoms with E-state index in [9.17, 15) is 4.79 Å². The van der Waals surface area contributed by atoms with E-state index in [2.05, 4.69) is 9.80 Å². The highest BCUT2D eigenvalue weighted by molar-refractivity contribution is 5.85. The summed E-state index contributed by atoms with van der Waals surface area (Å²) < 4.78 is 0. The van der Waals surface area contributed by atoms with E-state index in [1.165, 1.54) is 51.6 Å². The van der Waals surface area contributed by atoms with Crippen molar-refractivity contribution >= 4 is 30.7 Å². The molecule has 2 aliphatic heterocycles. The summed E-state index contributed by atoms with van der Waals surface area (Å²) in [5.41, 5.74) is 6.12. The van der Waals surface area contributed by atoms with Gasteiger partial charge in [0, 0.05) is 31.6 Å². The molecule has 23 heavy (non-hydrogen) atoms.